The summed E-state index contributed by atoms with van der Waals surface area (Å²) in [5.41, 5.74) is -0.487. The number of hydrogen-bond donors (Lipinski definition) is 1. The number of aliphatic hydroxyl groups excluding tert-OH is 1. The Morgan fingerprint density at radius 3 is 2.08 bits per heavy atom. The summed E-state index contributed by atoms with van der Waals surface area (Å²) in [5, 5.41) is 9.86. The molecule has 3 atom stereocenters. The zero-order chi connectivity index (χ0) is 20.3. The maximum atomic E-state index is 13.0. The van der Waals surface area contributed by atoms with E-state index in [1.807, 2.05) is 45.8 Å². The molecule has 1 N–H and O–H groups in total. The minimum Gasteiger partial charge on any atom is -0.444 e. The van der Waals surface area contributed by atoms with E-state index in [-0.39, 0.29) is 16.9 Å². The number of rotatable bonds is 5. The number of ether oxygens (including phenoxy) is 1. The zero-order valence-electron chi connectivity index (χ0n) is 17.7. The first-order chi connectivity index (χ1) is 11.7. The first kappa shape index (κ1) is 23.4. The maximum Gasteiger partial charge on any atom is 0.410 e. The summed E-state index contributed by atoms with van der Waals surface area (Å²) in [6.07, 6.45) is 0.893. The molecule has 2 unspecified atom stereocenters. The molecule has 6 nitrogen and oxygen atoms in total. The molecule has 0 aliphatic carbocycles. The van der Waals surface area contributed by atoms with Gasteiger partial charge in [0, 0.05) is 25.7 Å². The Morgan fingerprint density at radius 1 is 1.19 bits per heavy atom. The van der Waals surface area contributed by atoms with Crippen LogP contribution in [0, 0.1) is 5.92 Å². The molecular weight excluding hydrogens is 352 g/mol. The van der Waals surface area contributed by atoms with Crippen molar-refractivity contribution in [2.45, 2.75) is 90.7 Å². The van der Waals surface area contributed by atoms with Gasteiger partial charge in [0.15, 0.2) is 0 Å². The summed E-state index contributed by atoms with van der Waals surface area (Å²) in [4.78, 5) is 14.0. The van der Waals surface area contributed by atoms with Crippen molar-refractivity contribution in [3.63, 3.8) is 0 Å². The Morgan fingerprint density at radius 2 is 1.69 bits per heavy atom. The monoisotopic (exact) mass is 390 g/mol. The molecule has 0 aromatic heterocycles. The highest BCUT2D eigenvalue weighted by atomic mass is 32.2. The van der Waals surface area contributed by atoms with Crippen molar-refractivity contribution >= 4 is 17.1 Å². The molecule has 1 rings (SSSR count). The zero-order valence-corrected chi connectivity index (χ0v) is 18.6. The molecule has 26 heavy (non-hydrogen) atoms. The number of amides is 1. The quantitative estimate of drug-likeness (QED) is 0.783. The van der Waals surface area contributed by atoms with E-state index in [0.29, 0.717) is 25.6 Å². The summed E-state index contributed by atoms with van der Waals surface area (Å²) in [5.74, 6) is 0.332. The average Bonchev–Trinajstić information content (AvgIpc) is 2.48. The van der Waals surface area contributed by atoms with Gasteiger partial charge in [-0.3, -0.25) is 0 Å². The molecule has 1 amide bonds. The summed E-state index contributed by atoms with van der Waals surface area (Å²) >= 11 is 0. The highest BCUT2D eigenvalue weighted by Crippen LogP contribution is 2.28. The highest BCUT2D eigenvalue weighted by Gasteiger charge is 2.36. The largest absolute Gasteiger partial charge is 0.444 e. The lowest BCUT2D eigenvalue weighted by Crippen LogP contribution is -2.51. The second-order valence-electron chi connectivity index (χ2n) is 9.36. The summed E-state index contributed by atoms with van der Waals surface area (Å²) < 4.78 is 20.0. The lowest BCUT2D eigenvalue weighted by molar-refractivity contribution is 0.0153. The fourth-order valence-electron chi connectivity index (χ4n) is 3.12. The molecule has 0 aromatic carbocycles. The first-order valence-corrected chi connectivity index (χ1v) is 10.7. The van der Waals surface area contributed by atoms with Crippen LogP contribution in [0.1, 0.15) is 68.2 Å². The second kappa shape index (κ2) is 9.02. The molecule has 0 saturated carbocycles. The molecule has 154 valence electrons. The van der Waals surface area contributed by atoms with Crippen LogP contribution < -0.4 is 0 Å². The van der Waals surface area contributed by atoms with E-state index in [1.54, 1.807) is 11.8 Å². The Kier molecular flexibility index (Phi) is 8.11. The number of carbonyl (C=O) groups is 1. The fourth-order valence-corrected chi connectivity index (χ4v) is 4.65. The standard InChI is InChI=1S/C19H38N2O4S/c1-14(22)13-21(26(24)19(6,7)8)15(2)16-9-11-20(12-10-16)17(23)25-18(3,4)5/h14-16,22H,9-13H2,1-8H3/t14?,15-,26?/m0/s1. The Bertz CT molecular complexity index is 489. The predicted octanol–water partition coefficient (Wildman–Crippen LogP) is 3.17. The smallest absolute Gasteiger partial charge is 0.410 e. The van der Waals surface area contributed by atoms with E-state index in [2.05, 4.69) is 6.92 Å². The van der Waals surface area contributed by atoms with Crippen LogP contribution in [0.15, 0.2) is 0 Å². The normalized spacial score (nSPS) is 20.8. The van der Waals surface area contributed by atoms with Gasteiger partial charge in [-0.1, -0.05) is 0 Å². The summed E-state index contributed by atoms with van der Waals surface area (Å²) in [6.45, 7) is 17.0. The van der Waals surface area contributed by atoms with Gasteiger partial charge >= 0.3 is 6.09 Å². The van der Waals surface area contributed by atoms with Crippen molar-refractivity contribution in [2.75, 3.05) is 19.6 Å². The third-order valence-electron chi connectivity index (χ3n) is 4.51. The Labute approximate surface area is 161 Å². The SMILES string of the molecule is CC(O)CN([C@@H](C)C1CCN(C(=O)OC(C)(C)C)CC1)S(=O)C(C)(C)C. The van der Waals surface area contributed by atoms with E-state index >= 15 is 0 Å². The molecule has 1 aliphatic rings. The first-order valence-electron chi connectivity index (χ1n) is 9.57. The molecule has 1 heterocycles. The van der Waals surface area contributed by atoms with Crippen molar-refractivity contribution in [3.8, 4) is 0 Å². The number of hydrogen-bond acceptors (Lipinski definition) is 4. The van der Waals surface area contributed by atoms with Crippen molar-refractivity contribution < 1.29 is 18.8 Å². The molecule has 0 radical (unpaired) electrons. The molecule has 0 aromatic rings. The lowest BCUT2D eigenvalue weighted by atomic mass is 9.90. The van der Waals surface area contributed by atoms with Gasteiger partial charge < -0.3 is 14.7 Å². The third kappa shape index (κ3) is 7.16. The van der Waals surface area contributed by atoms with E-state index in [9.17, 15) is 14.1 Å². The van der Waals surface area contributed by atoms with E-state index < -0.39 is 22.7 Å². The molecule has 1 saturated heterocycles. The Balaban J connectivity index is 2.73. The highest BCUT2D eigenvalue weighted by molar-refractivity contribution is 7.84. The minimum atomic E-state index is -1.19. The van der Waals surface area contributed by atoms with Crippen molar-refractivity contribution in [1.29, 1.82) is 0 Å². The van der Waals surface area contributed by atoms with Gasteiger partial charge in [0.1, 0.15) is 16.6 Å². The molecular formula is C19H38N2O4S. The number of aliphatic hydroxyl groups is 1. The van der Waals surface area contributed by atoms with Crippen LogP contribution in [-0.2, 0) is 15.7 Å². The van der Waals surface area contributed by atoms with Gasteiger partial charge in [-0.15, -0.1) is 0 Å². The molecule has 1 aliphatic heterocycles. The second-order valence-corrected chi connectivity index (χ2v) is 11.5. The van der Waals surface area contributed by atoms with Crippen LogP contribution in [0.3, 0.4) is 0 Å². The van der Waals surface area contributed by atoms with Gasteiger partial charge in [-0.2, -0.15) is 0 Å². The Hall–Kier alpha value is -0.660. The van der Waals surface area contributed by atoms with E-state index in [4.69, 9.17) is 4.74 Å². The minimum absolute atomic E-state index is 0.0745. The van der Waals surface area contributed by atoms with Crippen LogP contribution in [0.2, 0.25) is 0 Å². The predicted molar refractivity (Wildman–Crippen MR) is 106 cm³/mol. The molecule has 7 heteroatoms. The third-order valence-corrected chi connectivity index (χ3v) is 6.46. The van der Waals surface area contributed by atoms with Crippen molar-refractivity contribution in [1.82, 2.24) is 9.21 Å². The van der Waals surface area contributed by atoms with Crippen LogP contribution in [0.5, 0.6) is 0 Å². The van der Waals surface area contributed by atoms with Gasteiger partial charge in [-0.05, 0) is 74.1 Å². The number of nitrogens with zero attached hydrogens (tertiary/aromatic N) is 2. The van der Waals surface area contributed by atoms with Crippen LogP contribution in [-0.4, -0.2) is 66.7 Å². The number of piperidine rings is 1. The topological polar surface area (TPSA) is 70.1 Å². The van der Waals surface area contributed by atoms with Crippen LogP contribution in [0.4, 0.5) is 4.79 Å². The number of likely N-dealkylation sites (tertiary alicyclic amines) is 1. The maximum absolute atomic E-state index is 13.0. The fraction of sp³-hybridized carbons (Fsp3) is 0.947. The lowest BCUT2D eigenvalue weighted by Gasteiger charge is -2.41. The molecule has 0 spiro atoms. The van der Waals surface area contributed by atoms with Crippen molar-refractivity contribution in [3.05, 3.63) is 0 Å². The van der Waals surface area contributed by atoms with Crippen LogP contribution >= 0.6 is 0 Å². The van der Waals surface area contributed by atoms with Gasteiger partial charge in [0.25, 0.3) is 0 Å². The molecule has 1 fully saturated rings. The van der Waals surface area contributed by atoms with Gasteiger partial charge in [0.2, 0.25) is 0 Å². The average molecular weight is 391 g/mol. The van der Waals surface area contributed by atoms with Crippen LogP contribution in [0.25, 0.3) is 0 Å². The van der Waals surface area contributed by atoms with E-state index in [0.717, 1.165) is 12.8 Å². The van der Waals surface area contributed by atoms with Gasteiger partial charge in [-0.25, -0.2) is 13.3 Å². The number of carbonyl (C=O) groups excluding carboxylic acids is 1. The molecule has 0 bridgehead atoms. The van der Waals surface area contributed by atoms with E-state index in [1.165, 1.54) is 0 Å². The summed E-state index contributed by atoms with van der Waals surface area (Å²) in [6, 6.07) is 0.0745. The van der Waals surface area contributed by atoms with Gasteiger partial charge in [0.05, 0.1) is 10.9 Å². The van der Waals surface area contributed by atoms with Crippen molar-refractivity contribution in [2.24, 2.45) is 5.92 Å². The summed E-state index contributed by atoms with van der Waals surface area (Å²) in [7, 11) is -1.19.